The molecule has 0 unspecified atom stereocenters. The van der Waals surface area contributed by atoms with E-state index in [1.807, 2.05) is 12.1 Å². The van der Waals surface area contributed by atoms with Crippen molar-refractivity contribution in [3.8, 4) is 0 Å². The number of nitrogens with zero attached hydrogens (tertiary/aromatic N) is 1. The van der Waals surface area contributed by atoms with E-state index in [-0.39, 0.29) is 30.5 Å². The molecule has 2 amide bonds. The zero-order valence-corrected chi connectivity index (χ0v) is 13.8. The van der Waals surface area contributed by atoms with Gasteiger partial charge in [0.15, 0.2) is 0 Å². The molecule has 0 bridgehead atoms. The number of aryl methyl sites for hydroxylation is 2. The summed E-state index contributed by atoms with van der Waals surface area (Å²) in [4.78, 5) is 26.1. The number of nitrogens with one attached hydrogen (secondary N) is 1. The molecule has 1 aliphatic carbocycles. The molecular weight excluding hydrogens is 319 g/mol. The third kappa shape index (κ3) is 3.02. The molecule has 4 rings (SSSR count). The summed E-state index contributed by atoms with van der Waals surface area (Å²) in [6.45, 7) is 0.205. The molecule has 1 saturated heterocycles. The molecule has 2 aliphatic rings. The van der Waals surface area contributed by atoms with Gasteiger partial charge in [0.2, 0.25) is 11.8 Å². The molecule has 4 nitrogen and oxygen atoms in total. The van der Waals surface area contributed by atoms with E-state index in [0.717, 1.165) is 24.9 Å². The van der Waals surface area contributed by atoms with Crippen molar-refractivity contribution in [3.63, 3.8) is 0 Å². The molecule has 1 N–H and O–H groups in total. The molecule has 5 heteroatoms. The van der Waals surface area contributed by atoms with Crippen LogP contribution in [0.5, 0.6) is 0 Å². The zero-order chi connectivity index (χ0) is 17.4. The lowest BCUT2D eigenvalue weighted by Crippen LogP contribution is -2.28. The van der Waals surface area contributed by atoms with E-state index in [2.05, 4.69) is 11.4 Å². The van der Waals surface area contributed by atoms with E-state index in [0.29, 0.717) is 0 Å². The van der Waals surface area contributed by atoms with E-state index < -0.39 is 11.7 Å². The van der Waals surface area contributed by atoms with Gasteiger partial charge in [-0.05, 0) is 54.7 Å². The summed E-state index contributed by atoms with van der Waals surface area (Å²) in [7, 11) is 0. The van der Waals surface area contributed by atoms with Gasteiger partial charge in [-0.3, -0.25) is 9.59 Å². The van der Waals surface area contributed by atoms with Crippen LogP contribution in [-0.2, 0) is 22.4 Å². The predicted molar refractivity (Wildman–Crippen MR) is 94.0 cm³/mol. The summed E-state index contributed by atoms with van der Waals surface area (Å²) in [6, 6.07) is 12.1. The van der Waals surface area contributed by atoms with Gasteiger partial charge in [0.25, 0.3) is 0 Å². The first-order valence-electron chi connectivity index (χ1n) is 8.59. The quantitative estimate of drug-likeness (QED) is 0.933. The largest absolute Gasteiger partial charge is 0.326 e. The molecule has 2 aromatic carbocycles. The monoisotopic (exact) mass is 338 g/mol. The summed E-state index contributed by atoms with van der Waals surface area (Å²) in [5.41, 5.74) is 3.64. The average Bonchev–Trinajstić information content (AvgIpc) is 3.21. The van der Waals surface area contributed by atoms with Gasteiger partial charge in [0.05, 0.1) is 11.6 Å². The zero-order valence-electron chi connectivity index (χ0n) is 13.8. The number of halogens is 1. The Balaban J connectivity index is 1.47. The summed E-state index contributed by atoms with van der Waals surface area (Å²) in [5, 5.41) is 2.91. The number of benzene rings is 2. The van der Waals surface area contributed by atoms with E-state index in [1.54, 1.807) is 18.2 Å². The highest BCUT2D eigenvalue weighted by atomic mass is 19.1. The van der Waals surface area contributed by atoms with Gasteiger partial charge in [-0.1, -0.05) is 18.2 Å². The Hall–Kier alpha value is -2.69. The average molecular weight is 338 g/mol. The number of carbonyl (C=O) groups is 2. The molecular formula is C20H19FN2O2. The fourth-order valence-corrected chi connectivity index (χ4v) is 3.68. The van der Waals surface area contributed by atoms with Crippen LogP contribution in [0, 0.1) is 11.7 Å². The van der Waals surface area contributed by atoms with Crippen molar-refractivity contribution in [1.29, 1.82) is 0 Å². The Bertz CT molecular complexity index is 849. The van der Waals surface area contributed by atoms with E-state index in [4.69, 9.17) is 0 Å². The third-order valence-electron chi connectivity index (χ3n) is 5.01. The number of hydrogen-bond donors (Lipinski definition) is 1. The normalized spacial score (nSPS) is 19.2. The maximum Gasteiger partial charge on any atom is 0.229 e. The van der Waals surface area contributed by atoms with E-state index >= 15 is 0 Å². The van der Waals surface area contributed by atoms with Crippen LogP contribution in [0.15, 0.2) is 42.5 Å². The fourth-order valence-electron chi connectivity index (χ4n) is 3.68. The van der Waals surface area contributed by atoms with Crippen molar-refractivity contribution in [2.75, 3.05) is 16.8 Å². The molecule has 0 saturated carbocycles. The molecule has 25 heavy (non-hydrogen) atoms. The topological polar surface area (TPSA) is 49.4 Å². The van der Waals surface area contributed by atoms with Gasteiger partial charge >= 0.3 is 0 Å². The van der Waals surface area contributed by atoms with Gasteiger partial charge in [-0.2, -0.15) is 0 Å². The van der Waals surface area contributed by atoms with Crippen LogP contribution in [0.4, 0.5) is 15.8 Å². The van der Waals surface area contributed by atoms with Crippen molar-refractivity contribution in [2.45, 2.75) is 25.7 Å². The molecule has 1 heterocycles. The highest BCUT2D eigenvalue weighted by Gasteiger charge is 2.36. The predicted octanol–water partition coefficient (Wildman–Crippen LogP) is 3.31. The van der Waals surface area contributed by atoms with Crippen LogP contribution in [0.2, 0.25) is 0 Å². The number of rotatable bonds is 3. The fraction of sp³-hybridized carbons (Fsp3) is 0.300. The third-order valence-corrected chi connectivity index (χ3v) is 5.01. The van der Waals surface area contributed by atoms with Crippen LogP contribution in [0.3, 0.4) is 0 Å². The first-order valence-corrected chi connectivity index (χ1v) is 8.59. The lowest BCUT2D eigenvalue weighted by molar-refractivity contribution is -0.122. The Labute approximate surface area is 145 Å². The van der Waals surface area contributed by atoms with Crippen molar-refractivity contribution in [2.24, 2.45) is 5.92 Å². The molecule has 1 aliphatic heterocycles. The SMILES string of the molecule is O=C(Nc1ccc2c(c1)CCC2)[C@H]1CC(=O)N(c2ccccc2F)C1. The number of hydrogen-bond acceptors (Lipinski definition) is 2. The van der Waals surface area contributed by atoms with E-state index in [1.165, 1.54) is 22.1 Å². The summed E-state index contributed by atoms with van der Waals surface area (Å²) in [6.07, 6.45) is 3.40. The Morgan fingerprint density at radius 2 is 1.92 bits per heavy atom. The van der Waals surface area contributed by atoms with Gasteiger partial charge in [0.1, 0.15) is 5.82 Å². The van der Waals surface area contributed by atoms with Gasteiger partial charge in [0, 0.05) is 18.7 Å². The highest BCUT2D eigenvalue weighted by molar-refractivity contribution is 6.03. The van der Waals surface area contributed by atoms with Crippen LogP contribution in [0.1, 0.15) is 24.0 Å². The first kappa shape index (κ1) is 15.8. The van der Waals surface area contributed by atoms with Gasteiger partial charge in [-0.25, -0.2) is 4.39 Å². The van der Waals surface area contributed by atoms with Crippen LogP contribution < -0.4 is 10.2 Å². The van der Waals surface area contributed by atoms with E-state index in [9.17, 15) is 14.0 Å². The lowest BCUT2D eigenvalue weighted by atomic mass is 10.1. The smallest absolute Gasteiger partial charge is 0.229 e. The van der Waals surface area contributed by atoms with Crippen LogP contribution >= 0.6 is 0 Å². The number of anilines is 2. The molecule has 1 fully saturated rings. The molecule has 0 aromatic heterocycles. The molecule has 0 radical (unpaired) electrons. The molecule has 1 atom stereocenters. The standard InChI is InChI=1S/C20H19FN2O2/c21-17-6-1-2-7-18(17)23-12-15(11-19(23)24)20(25)22-16-9-8-13-4-3-5-14(13)10-16/h1-2,6-10,15H,3-5,11-12H2,(H,22,25)/t15-/m0/s1. The van der Waals surface area contributed by atoms with Gasteiger partial charge in [-0.15, -0.1) is 0 Å². The van der Waals surface area contributed by atoms with Crippen molar-refractivity contribution in [1.82, 2.24) is 0 Å². The van der Waals surface area contributed by atoms with Gasteiger partial charge < -0.3 is 10.2 Å². The van der Waals surface area contributed by atoms with Crippen molar-refractivity contribution < 1.29 is 14.0 Å². The maximum atomic E-state index is 13.9. The second kappa shape index (κ2) is 6.31. The molecule has 0 spiro atoms. The summed E-state index contributed by atoms with van der Waals surface area (Å²) < 4.78 is 13.9. The van der Waals surface area contributed by atoms with Crippen LogP contribution in [-0.4, -0.2) is 18.4 Å². The van der Waals surface area contributed by atoms with Crippen molar-refractivity contribution in [3.05, 3.63) is 59.4 Å². The minimum absolute atomic E-state index is 0.102. The molecule has 2 aromatic rings. The minimum Gasteiger partial charge on any atom is -0.326 e. The Morgan fingerprint density at radius 3 is 2.76 bits per heavy atom. The number of amides is 2. The Kier molecular flexibility index (Phi) is 3.99. The Morgan fingerprint density at radius 1 is 1.12 bits per heavy atom. The summed E-state index contributed by atoms with van der Waals surface area (Å²) in [5.74, 6) is -1.33. The number of para-hydroxylation sites is 1. The maximum absolute atomic E-state index is 13.9. The highest BCUT2D eigenvalue weighted by Crippen LogP contribution is 2.29. The first-order chi connectivity index (χ1) is 12.1. The van der Waals surface area contributed by atoms with Crippen molar-refractivity contribution >= 4 is 23.2 Å². The number of carbonyl (C=O) groups excluding carboxylic acids is 2. The second-order valence-corrected chi connectivity index (χ2v) is 6.68. The summed E-state index contributed by atoms with van der Waals surface area (Å²) >= 11 is 0. The lowest BCUT2D eigenvalue weighted by Gasteiger charge is -2.17. The number of fused-ring (bicyclic) bond motifs is 1. The van der Waals surface area contributed by atoms with Crippen LogP contribution in [0.25, 0.3) is 0 Å². The second-order valence-electron chi connectivity index (χ2n) is 6.68. The minimum atomic E-state index is -0.472. The molecule has 128 valence electrons.